The minimum atomic E-state index is 0.103. The van der Waals surface area contributed by atoms with E-state index in [1.165, 1.54) is 0 Å². The van der Waals surface area contributed by atoms with Gasteiger partial charge in [0.1, 0.15) is 5.78 Å². The van der Waals surface area contributed by atoms with Crippen LogP contribution < -0.4 is 0 Å². The van der Waals surface area contributed by atoms with E-state index >= 15 is 0 Å². The van der Waals surface area contributed by atoms with Crippen molar-refractivity contribution in [1.82, 2.24) is 0 Å². The zero-order valence-electron chi connectivity index (χ0n) is 7.93. The Morgan fingerprint density at radius 2 is 1.92 bits per heavy atom. The topological polar surface area (TPSA) is 34.1 Å². The highest BCUT2D eigenvalue weighted by Gasteiger charge is 2.32. The molecule has 1 saturated carbocycles. The molecule has 1 unspecified atom stereocenters. The number of rotatable bonds is 0. The lowest BCUT2D eigenvalue weighted by Crippen LogP contribution is -2.28. The third-order valence-corrected chi connectivity index (χ3v) is 3.24. The highest BCUT2D eigenvalue weighted by atomic mass is 16.1. The van der Waals surface area contributed by atoms with Gasteiger partial charge < -0.3 is 0 Å². The molecule has 13 heavy (non-hydrogen) atoms. The largest absolute Gasteiger partial charge is 0.299 e. The first-order chi connectivity index (χ1) is 6.20. The Morgan fingerprint density at radius 3 is 2.69 bits per heavy atom. The molecule has 0 bridgehead atoms. The number of hydrogen-bond donors (Lipinski definition) is 0. The van der Waals surface area contributed by atoms with Crippen LogP contribution >= 0.6 is 0 Å². The third kappa shape index (κ3) is 1.34. The summed E-state index contributed by atoms with van der Waals surface area (Å²) in [5, 5.41) is 0. The van der Waals surface area contributed by atoms with E-state index < -0.39 is 0 Å². The van der Waals surface area contributed by atoms with Crippen molar-refractivity contribution in [3.63, 3.8) is 0 Å². The van der Waals surface area contributed by atoms with Gasteiger partial charge in [-0.3, -0.25) is 9.59 Å². The quantitative estimate of drug-likeness (QED) is 0.568. The summed E-state index contributed by atoms with van der Waals surface area (Å²) >= 11 is 0. The smallest absolute Gasteiger partial charge is 0.158 e. The van der Waals surface area contributed by atoms with Crippen molar-refractivity contribution in [2.45, 2.75) is 39.0 Å². The Hall–Kier alpha value is -0.920. The lowest BCUT2D eigenvalue weighted by Gasteiger charge is -2.29. The van der Waals surface area contributed by atoms with Gasteiger partial charge in [-0.25, -0.2) is 0 Å². The zero-order chi connectivity index (χ0) is 9.42. The lowest BCUT2D eigenvalue weighted by atomic mass is 9.74. The van der Waals surface area contributed by atoms with Crippen molar-refractivity contribution in [2.24, 2.45) is 5.92 Å². The number of carbonyl (C=O) groups excluding carboxylic acids is 2. The molecule has 0 N–H and O–H groups in total. The monoisotopic (exact) mass is 178 g/mol. The maximum Gasteiger partial charge on any atom is 0.158 e. The molecule has 2 aliphatic carbocycles. The Balaban J connectivity index is 2.37. The Morgan fingerprint density at radius 1 is 1.15 bits per heavy atom. The average Bonchev–Trinajstić information content (AvgIpc) is 2.12. The standard InChI is InChI=1S/C11H14O2/c1-7-8-3-2-4-11(13)9(8)5-6-10(7)12/h9H,2-6H2,1H3. The molecular formula is C11H14O2. The Labute approximate surface area is 78.0 Å². The number of ketones is 2. The van der Waals surface area contributed by atoms with Gasteiger partial charge in [-0.15, -0.1) is 0 Å². The van der Waals surface area contributed by atoms with Gasteiger partial charge in [0.25, 0.3) is 0 Å². The molecule has 0 aromatic carbocycles. The first kappa shape index (κ1) is 8.67. The highest BCUT2D eigenvalue weighted by Crippen LogP contribution is 2.36. The van der Waals surface area contributed by atoms with Crippen LogP contribution in [0.25, 0.3) is 0 Å². The summed E-state index contributed by atoms with van der Waals surface area (Å²) in [5.74, 6) is 0.709. The summed E-state index contributed by atoms with van der Waals surface area (Å²) in [6.07, 6.45) is 3.97. The minimum Gasteiger partial charge on any atom is -0.299 e. The van der Waals surface area contributed by atoms with Crippen molar-refractivity contribution >= 4 is 11.6 Å². The summed E-state index contributed by atoms with van der Waals surface area (Å²) in [6.45, 7) is 1.88. The molecular weight excluding hydrogens is 164 g/mol. The van der Waals surface area contributed by atoms with E-state index in [1.807, 2.05) is 6.92 Å². The second-order valence-corrected chi connectivity index (χ2v) is 3.98. The Kier molecular flexibility index (Phi) is 2.06. The molecule has 2 nitrogen and oxygen atoms in total. The van der Waals surface area contributed by atoms with Crippen LogP contribution in [0.3, 0.4) is 0 Å². The molecule has 0 aromatic heterocycles. The predicted molar refractivity (Wildman–Crippen MR) is 49.3 cm³/mol. The number of Topliss-reactive ketones (excluding diaryl/α,β-unsaturated/α-hetero) is 2. The molecule has 1 fully saturated rings. The van der Waals surface area contributed by atoms with Gasteiger partial charge in [-0.1, -0.05) is 5.57 Å². The number of allylic oxidation sites excluding steroid dienone is 2. The van der Waals surface area contributed by atoms with E-state index in [9.17, 15) is 9.59 Å². The molecule has 0 aliphatic heterocycles. The van der Waals surface area contributed by atoms with Crippen molar-refractivity contribution in [1.29, 1.82) is 0 Å². The summed E-state index contributed by atoms with van der Waals surface area (Å²) in [4.78, 5) is 22.9. The van der Waals surface area contributed by atoms with E-state index in [1.54, 1.807) is 0 Å². The van der Waals surface area contributed by atoms with Crippen LogP contribution in [0, 0.1) is 5.92 Å². The average molecular weight is 178 g/mol. The molecule has 2 aliphatic rings. The predicted octanol–water partition coefficient (Wildman–Crippen LogP) is 2.04. The van der Waals surface area contributed by atoms with E-state index in [-0.39, 0.29) is 11.7 Å². The maximum atomic E-state index is 11.5. The van der Waals surface area contributed by atoms with Crippen molar-refractivity contribution < 1.29 is 9.59 Å². The molecule has 0 aromatic rings. The molecule has 0 amide bonds. The van der Waals surface area contributed by atoms with Crippen LogP contribution in [0.2, 0.25) is 0 Å². The normalized spacial score (nSPS) is 29.2. The second-order valence-electron chi connectivity index (χ2n) is 3.98. The van der Waals surface area contributed by atoms with Crippen LogP contribution in [0.1, 0.15) is 39.0 Å². The van der Waals surface area contributed by atoms with Gasteiger partial charge in [0.05, 0.1) is 0 Å². The van der Waals surface area contributed by atoms with Crippen molar-refractivity contribution in [3.05, 3.63) is 11.1 Å². The first-order valence-electron chi connectivity index (χ1n) is 4.95. The first-order valence-corrected chi connectivity index (χ1v) is 4.95. The number of fused-ring (bicyclic) bond motifs is 1. The van der Waals surface area contributed by atoms with Gasteiger partial charge in [0.15, 0.2) is 5.78 Å². The van der Waals surface area contributed by atoms with Gasteiger partial charge in [-0.05, 0) is 31.8 Å². The van der Waals surface area contributed by atoms with Crippen LogP contribution in [-0.2, 0) is 9.59 Å². The molecule has 0 radical (unpaired) electrons. The second kappa shape index (κ2) is 3.09. The lowest BCUT2D eigenvalue weighted by molar-refractivity contribution is -0.124. The van der Waals surface area contributed by atoms with Crippen LogP contribution in [0.4, 0.5) is 0 Å². The maximum absolute atomic E-state index is 11.5. The van der Waals surface area contributed by atoms with Crippen LogP contribution in [0.15, 0.2) is 11.1 Å². The molecule has 0 heterocycles. The summed E-state index contributed by atoms with van der Waals surface area (Å²) < 4.78 is 0. The Bertz CT molecular complexity index is 299. The van der Waals surface area contributed by atoms with Crippen LogP contribution in [0.5, 0.6) is 0 Å². The van der Waals surface area contributed by atoms with Crippen molar-refractivity contribution in [3.8, 4) is 0 Å². The highest BCUT2D eigenvalue weighted by molar-refractivity contribution is 5.99. The summed E-state index contributed by atoms with van der Waals surface area (Å²) in [5.41, 5.74) is 2.02. The van der Waals surface area contributed by atoms with E-state index in [4.69, 9.17) is 0 Å². The van der Waals surface area contributed by atoms with Crippen molar-refractivity contribution in [2.75, 3.05) is 0 Å². The minimum absolute atomic E-state index is 0.103. The number of carbonyl (C=O) groups is 2. The van der Waals surface area contributed by atoms with Gasteiger partial charge in [-0.2, -0.15) is 0 Å². The molecule has 0 spiro atoms. The SMILES string of the molecule is CC1=C2CCCC(=O)C2CCC1=O. The molecule has 70 valence electrons. The third-order valence-electron chi connectivity index (χ3n) is 3.24. The molecule has 1 atom stereocenters. The number of hydrogen-bond acceptors (Lipinski definition) is 2. The fourth-order valence-corrected chi connectivity index (χ4v) is 2.42. The van der Waals surface area contributed by atoms with Gasteiger partial charge in [0.2, 0.25) is 0 Å². The fourth-order valence-electron chi connectivity index (χ4n) is 2.42. The molecule has 2 heteroatoms. The fraction of sp³-hybridized carbons (Fsp3) is 0.636. The van der Waals surface area contributed by atoms with E-state index in [0.29, 0.717) is 12.2 Å². The zero-order valence-corrected chi connectivity index (χ0v) is 7.93. The summed E-state index contributed by atoms with van der Waals surface area (Å²) in [7, 11) is 0. The molecule has 0 saturated heterocycles. The molecule has 2 rings (SSSR count). The van der Waals surface area contributed by atoms with E-state index in [2.05, 4.69) is 0 Å². The summed E-state index contributed by atoms with van der Waals surface area (Å²) in [6, 6.07) is 0. The van der Waals surface area contributed by atoms with Gasteiger partial charge in [0, 0.05) is 18.8 Å². The van der Waals surface area contributed by atoms with Crippen LogP contribution in [-0.4, -0.2) is 11.6 Å². The van der Waals surface area contributed by atoms with E-state index in [0.717, 1.165) is 36.8 Å². The van der Waals surface area contributed by atoms with Gasteiger partial charge >= 0.3 is 0 Å².